The Labute approximate surface area is 97.1 Å². The van der Waals surface area contributed by atoms with Crippen LogP contribution in [0.3, 0.4) is 0 Å². The molecule has 0 aliphatic heterocycles. The van der Waals surface area contributed by atoms with E-state index in [0.29, 0.717) is 11.4 Å². The molecule has 0 atom stereocenters. The van der Waals surface area contributed by atoms with Gasteiger partial charge in [-0.25, -0.2) is 4.68 Å². The number of anilines is 1. The quantitative estimate of drug-likeness (QED) is 0.718. The summed E-state index contributed by atoms with van der Waals surface area (Å²) in [6, 6.07) is 2.03. The first-order chi connectivity index (χ1) is 7.79. The van der Waals surface area contributed by atoms with Gasteiger partial charge in [0, 0.05) is 6.54 Å². The first kappa shape index (κ1) is 12.6. The molecule has 0 unspecified atom stereocenters. The lowest BCUT2D eigenvalue weighted by Crippen LogP contribution is -2.05. The summed E-state index contributed by atoms with van der Waals surface area (Å²) >= 11 is 0. The Morgan fingerprint density at radius 2 is 2.00 bits per heavy atom. The largest absolute Gasteiger partial charge is 0.383 e. The van der Waals surface area contributed by atoms with Gasteiger partial charge in [-0.05, 0) is 6.42 Å². The maximum absolute atomic E-state index is 8.72. The van der Waals surface area contributed by atoms with Crippen molar-refractivity contribution >= 4 is 5.82 Å². The highest BCUT2D eigenvalue weighted by Gasteiger charge is 2.05. The first-order valence-corrected chi connectivity index (χ1v) is 6.01. The van der Waals surface area contributed by atoms with E-state index in [1.807, 2.05) is 6.07 Å². The van der Waals surface area contributed by atoms with Crippen molar-refractivity contribution in [2.75, 3.05) is 5.73 Å². The molecule has 1 aromatic heterocycles. The summed E-state index contributed by atoms with van der Waals surface area (Å²) in [5.74, 6) is 0.496. The van der Waals surface area contributed by atoms with Gasteiger partial charge in [0.15, 0.2) is 0 Å². The summed E-state index contributed by atoms with van der Waals surface area (Å²) in [5.41, 5.74) is 6.23. The number of nitrogens with zero attached hydrogens (tertiary/aromatic N) is 3. The van der Waals surface area contributed by atoms with Crippen molar-refractivity contribution in [2.24, 2.45) is 0 Å². The average molecular weight is 220 g/mol. The monoisotopic (exact) mass is 220 g/mol. The molecule has 0 aliphatic carbocycles. The Hall–Kier alpha value is -1.50. The van der Waals surface area contributed by atoms with E-state index < -0.39 is 0 Å². The SMILES string of the molecule is CCCCCCCCn1ncc(C#N)c1N. The second kappa shape index (κ2) is 6.89. The van der Waals surface area contributed by atoms with E-state index in [2.05, 4.69) is 12.0 Å². The van der Waals surface area contributed by atoms with Crippen LogP contribution in [0.1, 0.15) is 51.0 Å². The second-order valence-corrected chi connectivity index (χ2v) is 4.05. The number of unbranched alkanes of at least 4 members (excludes halogenated alkanes) is 5. The lowest BCUT2D eigenvalue weighted by molar-refractivity contribution is 0.532. The van der Waals surface area contributed by atoms with Crippen LogP contribution in [0.4, 0.5) is 5.82 Å². The number of hydrogen-bond acceptors (Lipinski definition) is 3. The predicted octanol–water partition coefficient (Wildman–Crippen LogP) is 2.70. The van der Waals surface area contributed by atoms with Crippen LogP contribution >= 0.6 is 0 Å². The molecule has 0 aliphatic rings. The number of nitrogens with two attached hydrogens (primary N) is 1. The summed E-state index contributed by atoms with van der Waals surface area (Å²) in [5, 5.41) is 12.8. The van der Waals surface area contributed by atoms with Gasteiger partial charge < -0.3 is 5.73 Å². The molecule has 0 radical (unpaired) electrons. The number of rotatable bonds is 7. The standard InChI is InChI=1S/C12H20N4/c1-2-3-4-5-6-7-8-16-12(14)11(9-13)10-15-16/h10H,2-8,14H2,1H3. The Bertz CT molecular complexity index is 348. The number of nitrogen functional groups attached to an aromatic ring is 1. The molecule has 4 heteroatoms. The average Bonchev–Trinajstić information content (AvgIpc) is 2.65. The molecule has 1 aromatic rings. The minimum Gasteiger partial charge on any atom is -0.383 e. The molecule has 0 aromatic carbocycles. The zero-order valence-corrected chi connectivity index (χ0v) is 9.95. The van der Waals surface area contributed by atoms with Gasteiger partial charge in [-0.3, -0.25) is 0 Å². The zero-order valence-electron chi connectivity index (χ0n) is 9.95. The first-order valence-electron chi connectivity index (χ1n) is 6.01. The second-order valence-electron chi connectivity index (χ2n) is 4.05. The van der Waals surface area contributed by atoms with E-state index in [-0.39, 0.29) is 0 Å². The van der Waals surface area contributed by atoms with Gasteiger partial charge in [-0.15, -0.1) is 0 Å². The smallest absolute Gasteiger partial charge is 0.139 e. The van der Waals surface area contributed by atoms with E-state index in [1.54, 1.807) is 4.68 Å². The van der Waals surface area contributed by atoms with Crippen LogP contribution in [0, 0.1) is 11.3 Å². The fourth-order valence-electron chi connectivity index (χ4n) is 1.70. The third-order valence-corrected chi connectivity index (χ3v) is 2.72. The lowest BCUT2D eigenvalue weighted by Gasteiger charge is -2.03. The third kappa shape index (κ3) is 3.58. The number of aromatic nitrogens is 2. The summed E-state index contributed by atoms with van der Waals surface area (Å²) in [4.78, 5) is 0. The molecule has 0 fully saturated rings. The van der Waals surface area contributed by atoms with E-state index >= 15 is 0 Å². The maximum atomic E-state index is 8.72. The molecule has 0 saturated heterocycles. The Balaban J connectivity index is 2.22. The molecule has 2 N–H and O–H groups in total. The maximum Gasteiger partial charge on any atom is 0.139 e. The van der Waals surface area contributed by atoms with Gasteiger partial charge in [-0.2, -0.15) is 10.4 Å². The Morgan fingerprint density at radius 1 is 1.31 bits per heavy atom. The summed E-state index contributed by atoms with van der Waals surface area (Å²) in [6.07, 6.45) is 9.02. The van der Waals surface area contributed by atoms with Crippen molar-refractivity contribution in [3.63, 3.8) is 0 Å². The van der Waals surface area contributed by atoms with Gasteiger partial charge in [0.1, 0.15) is 17.5 Å². The fourth-order valence-corrected chi connectivity index (χ4v) is 1.70. The predicted molar refractivity (Wildman–Crippen MR) is 64.7 cm³/mol. The van der Waals surface area contributed by atoms with Gasteiger partial charge in [-0.1, -0.05) is 39.0 Å². The van der Waals surface area contributed by atoms with Crippen LogP contribution in [0.25, 0.3) is 0 Å². The van der Waals surface area contributed by atoms with Crippen LogP contribution in [-0.2, 0) is 6.54 Å². The highest BCUT2D eigenvalue weighted by molar-refractivity contribution is 5.47. The van der Waals surface area contributed by atoms with E-state index in [0.717, 1.165) is 13.0 Å². The highest BCUT2D eigenvalue weighted by Crippen LogP contribution is 2.11. The molecular weight excluding hydrogens is 200 g/mol. The van der Waals surface area contributed by atoms with Crippen molar-refractivity contribution in [3.05, 3.63) is 11.8 Å². The van der Waals surface area contributed by atoms with Crippen molar-refractivity contribution in [3.8, 4) is 6.07 Å². The van der Waals surface area contributed by atoms with Crippen molar-refractivity contribution in [2.45, 2.75) is 52.0 Å². The molecule has 0 bridgehead atoms. The van der Waals surface area contributed by atoms with Gasteiger partial charge in [0.05, 0.1) is 6.20 Å². The van der Waals surface area contributed by atoms with Gasteiger partial charge in [0.2, 0.25) is 0 Å². The van der Waals surface area contributed by atoms with Crippen molar-refractivity contribution in [1.29, 1.82) is 5.26 Å². The van der Waals surface area contributed by atoms with Crippen LogP contribution in [-0.4, -0.2) is 9.78 Å². The van der Waals surface area contributed by atoms with E-state index in [1.165, 1.54) is 38.3 Å². The van der Waals surface area contributed by atoms with Crippen LogP contribution in [0.15, 0.2) is 6.20 Å². The topological polar surface area (TPSA) is 67.6 Å². The van der Waals surface area contributed by atoms with E-state index in [9.17, 15) is 0 Å². The molecule has 0 amide bonds. The van der Waals surface area contributed by atoms with E-state index in [4.69, 9.17) is 11.0 Å². The van der Waals surface area contributed by atoms with Crippen LogP contribution < -0.4 is 5.73 Å². The lowest BCUT2D eigenvalue weighted by atomic mass is 10.1. The summed E-state index contributed by atoms with van der Waals surface area (Å²) in [6.45, 7) is 3.04. The Morgan fingerprint density at radius 3 is 2.62 bits per heavy atom. The Kier molecular flexibility index (Phi) is 5.41. The van der Waals surface area contributed by atoms with Gasteiger partial charge in [0.25, 0.3) is 0 Å². The molecule has 88 valence electrons. The highest BCUT2D eigenvalue weighted by atomic mass is 15.3. The molecule has 1 heterocycles. The molecule has 1 rings (SSSR count). The summed E-state index contributed by atoms with van der Waals surface area (Å²) < 4.78 is 1.72. The van der Waals surface area contributed by atoms with Crippen molar-refractivity contribution in [1.82, 2.24) is 9.78 Å². The molecule has 0 spiro atoms. The molecular formula is C12H20N4. The minimum absolute atomic E-state index is 0.478. The summed E-state index contributed by atoms with van der Waals surface area (Å²) in [7, 11) is 0. The zero-order chi connectivity index (χ0) is 11.8. The third-order valence-electron chi connectivity index (χ3n) is 2.72. The van der Waals surface area contributed by atoms with Crippen molar-refractivity contribution < 1.29 is 0 Å². The molecule has 0 saturated carbocycles. The number of nitriles is 1. The number of aryl methyl sites for hydroxylation is 1. The normalized spacial score (nSPS) is 10.2. The fraction of sp³-hybridized carbons (Fsp3) is 0.667. The van der Waals surface area contributed by atoms with Crippen LogP contribution in [0.5, 0.6) is 0 Å². The molecule has 16 heavy (non-hydrogen) atoms. The minimum atomic E-state index is 0.478. The number of hydrogen-bond donors (Lipinski definition) is 1. The van der Waals surface area contributed by atoms with Crippen LogP contribution in [0.2, 0.25) is 0 Å². The molecule has 4 nitrogen and oxygen atoms in total. The van der Waals surface area contributed by atoms with Gasteiger partial charge >= 0.3 is 0 Å².